The van der Waals surface area contributed by atoms with Crippen LogP contribution in [-0.4, -0.2) is 30.8 Å². The van der Waals surface area contributed by atoms with Crippen molar-refractivity contribution in [3.8, 4) is 16.9 Å². The number of hydrogen-bond acceptors (Lipinski definition) is 5. The zero-order chi connectivity index (χ0) is 21.9. The maximum absolute atomic E-state index is 11.7. The minimum Gasteiger partial charge on any atom is -0.481 e. The average Bonchev–Trinajstić information content (AvgIpc) is 3.44. The number of aromatic nitrogens is 4. The monoisotopic (exact) mass is 438 g/mol. The van der Waals surface area contributed by atoms with E-state index in [0.717, 1.165) is 32.7 Å². The number of hydrogen-bond donors (Lipinski definition) is 1. The van der Waals surface area contributed by atoms with Crippen molar-refractivity contribution in [1.29, 1.82) is 0 Å². The van der Waals surface area contributed by atoms with Crippen molar-refractivity contribution in [3.63, 3.8) is 0 Å². The van der Waals surface area contributed by atoms with Crippen LogP contribution in [0.4, 0.5) is 0 Å². The third kappa shape index (κ3) is 4.06. The first-order valence-corrected chi connectivity index (χ1v) is 10.8. The van der Waals surface area contributed by atoms with E-state index >= 15 is 0 Å². The number of pyridine rings is 1. The van der Waals surface area contributed by atoms with Gasteiger partial charge in [0.1, 0.15) is 10.7 Å². The average molecular weight is 439 g/mol. The predicted molar refractivity (Wildman–Crippen MR) is 127 cm³/mol. The standard InChI is InChI=1S/C25H18N4O2S/c30-23(31)14-18(25-27-21-10-4-5-11-22(21)32-25)13-19-16-29(20-8-2-1-3-9-20)28-24(19)17-7-6-12-26-15-17/h1-13,15-16H,14H2,(H,30,31)/b18-13+. The van der Waals surface area contributed by atoms with E-state index in [4.69, 9.17) is 5.10 Å². The van der Waals surface area contributed by atoms with Gasteiger partial charge in [0, 0.05) is 29.7 Å². The van der Waals surface area contributed by atoms with Crippen molar-refractivity contribution in [1.82, 2.24) is 19.7 Å². The van der Waals surface area contributed by atoms with Gasteiger partial charge in [-0.15, -0.1) is 11.3 Å². The van der Waals surface area contributed by atoms with Gasteiger partial charge >= 0.3 is 5.97 Å². The molecule has 2 aromatic carbocycles. The Bertz CT molecular complexity index is 1390. The van der Waals surface area contributed by atoms with Crippen LogP contribution in [0.15, 0.2) is 85.3 Å². The van der Waals surface area contributed by atoms with E-state index in [-0.39, 0.29) is 6.42 Å². The number of thiazole rings is 1. The van der Waals surface area contributed by atoms with E-state index in [9.17, 15) is 9.90 Å². The molecule has 0 atom stereocenters. The van der Waals surface area contributed by atoms with Crippen LogP contribution in [0.3, 0.4) is 0 Å². The van der Waals surface area contributed by atoms with Crippen LogP contribution >= 0.6 is 11.3 Å². The van der Waals surface area contributed by atoms with Gasteiger partial charge in [-0.05, 0) is 48.0 Å². The van der Waals surface area contributed by atoms with Gasteiger partial charge in [0.05, 0.1) is 22.3 Å². The summed E-state index contributed by atoms with van der Waals surface area (Å²) in [5.41, 5.74) is 4.79. The van der Waals surface area contributed by atoms with Crippen LogP contribution in [0.5, 0.6) is 0 Å². The van der Waals surface area contributed by atoms with E-state index in [1.165, 1.54) is 11.3 Å². The van der Waals surface area contributed by atoms with Crippen molar-refractivity contribution in [2.45, 2.75) is 6.42 Å². The van der Waals surface area contributed by atoms with Gasteiger partial charge in [0.2, 0.25) is 0 Å². The zero-order valence-electron chi connectivity index (χ0n) is 16.9. The molecular weight excluding hydrogens is 420 g/mol. The lowest BCUT2D eigenvalue weighted by atomic mass is 10.1. The summed E-state index contributed by atoms with van der Waals surface area (Å²) in [5.74, 6) is -0.908. The molecule has 0 aliphatic rings. The summed E-state index contributed by atoms with van der Waals surface area (Å²) in [6.45, 7) is 0. The van der Waals surface area contributed by atoms with E-state index < -0.39 is 5.97 Å². The van der Waals surface area contributed by atoms with E-state index in [1.54, 1.807) is 17.1 Å². The SMILES string of the molecule is O=C(O)C/C(=C\c1cn(-c2ccccc2)nc1-c1cccnc1)c1nc2ccccc2s1. The number of aliphatic carboxylic acids is 1. The normalized spacial score (nSPS) is 11.7. The molecule has 0 amide bonds. The van der Waals surface area contributed by atoms with Gasteiger partial charge in [-0.1, -0.05) is 30.3 Å². The minimum atomic E-state index is -0.908. The fourth-order valence-corrected chi connectivity index (χ4v) is 4.46. The fraction of sp³-hybridized carbons (Fsp3) is 0.0400. The Labute approximate surface area is 188 Å². The van der Waals surface area contributed by atoms with Gasteiger partial charge in [-0.25, -0.2) is 9.67 Å². The fourth-order valence-electron chi connectivity index (χ4n) is 3.48. The van der Waals surface area contributed by atoms with Gasteiger partial charge < -0.3 is 5.11 Å². The molecule has 3 heterocycles. The highest BCUT2D eigenvalue weighted by Gasteiger charge is 2.16. The maximum Gasteiger partial charge on any atom is 0.307 e. The summed E-state index contributed by atoms with van der Waals surface area (Å²) in [7, 11) is 0. The Morgan fingerprint density at radius 1 is 1.03 bits per heavy atom. The van der Waals surface area contributed by atoms with Crippen LogP contribution < -0.4 is 0 Å². The molecule has 5 rings (SSSR count). The van der Waals surface area contributed by atoms with Crippen molar-refractivity contribution in [2.75, 3.05) is 0 Å². The lowest BCUT2D eigenvalue weighted by molar-refractivity contribution is -0.135. The summed E-state index contributed by atoms with van der Waals surface area (Å²) in [6.07, 6.45) is 7.12. The Kier molecular flexibility index (Phi) is 5.31. The second-order valence-electron chi connectivity index (χ2n) is 7.18. The highest BCUT2D eigenvalue weighted by atomic mass is 32.1. The molecule has 0 saturated carbocycles. The van der Waals surface area contributed by atoms with Crippen LogP contribution in [0.25, 0.3) is 38.8 Å². The molecule has 0 unspecified atom stereocenters. The second-order valence-corrected chi connectivity index (χ2v) is 8.21. The van der Waals surface area contributed by atoms with E-state index in [1.807, 2.05) is 79.0 Å². The third-order valence-corrected chi connectivity index (χ3v) is 6.05. The summed E-state index contributed by atoms with van der Waals surface area (Å²) in [4.78, 5) is 20.6. The summed E-state index contributed by atoms with van der Waals surface area (Å²) in [5, 5.41) is 15.1. The van der Waals surface area contributed by atoms with Gasteiger partial charge in [0.25, 0.3) is 0 Å². The molecule has 0 bridgehead atoms. The quantitative estimate of drug-likeness (QED) is 0.375. The molecule has 0 radical (unpaired) electrons. The number of carboxylic acid groups (broad SMARTS) is 1. The molecule has 1 N–H and O–H groups in total. The number of carbonyl (C=O) groups is 1. The molecule has 32 heavy (non-hydrogen) atoms. The Balaban J connectivity index is 1.68. The molecule has 5 aromatic rings. The highest BCUT2D eigenvalue weighted by Crippen LogP contribution is 2.32. The van der Waals surface area contributed by atoms with Crippen molar-refractivity contribution in [2.24, 2.45) is 0 Å². The van der Waals surface area contributed by atoms with Crippen molar-refractivity contribution in [3.05, 3.63) is 95.9 Å². The zero-order valence-corrected chi connectivity index (χ0v) is 17.7. The molecule has 0 aliphatic heterocycles. The first kappa shape index (κ1) is 19.8. The molecule has 3 aromatic heterocycles. The lowest BCUT2D eigenvalue weighted by Gasteiger charge is -2.02. The third-order valence-electron chi connectivity index (χ3n) is 4.94. The van der Waals surface area contributed by atoms with E-state index in [0.29, 0.717) is 10.6 Å². The molecule has 0 saturated heterocycles. The molecule has 0 spiro atoms. The Hall–Kier alpha value is -4.10. The van der Waals surface area contributed by atoms with Crippen LogP contribution in [0, 0.1) is 0 Å². The number of carboxylic acids is 1. The van der Waals surface area contributed by atoms with Crippen LogP contribution in [-0.2, 0) is 4.79 Å². The molecule has 0 aliphatic carbocycles. The predicted octanol–water partition coefficient (Wildman–Crippen LogP) is 5.56. The number of nitrogens with zero attached hydrogens (tertiary/aromatic N) is 4. The van der Waals surface area contributed by atoms with Crippen molar-refractivity contribution < 1.29 is 9.90 Å². The highest BCUT2D eigenvalue weighted by molar-refractivity contribution is 7.19. The first-order chi connectivity index (χ1) is 15.7. The molecule has 7 heteroatoms. The number of rotatable bonds is 6. The summed E-state index contributed by atoms with van der Waals surface area (Å²) in [6, 6.07) is 21.4. The molecule has 0 fully saturated rings. The lowest BCUT2D eigenvalue weighted by Crippen LogP contribution is -1.97. The molecule has 6 nitrogen and oxygen atoms in total. The number of benzene rings is 2. The first-order valence-electron chi connectivity index (χ1n) is 10.0. The maximum atomic E-state index is 11.7. The van der Waals surface area contributed by atoms with Gasteiger partial charge in [-0.2, -0.15) is 5.10 Å². The molecular formula is C25H18N4O2S. The second kappa shape index (κ2) is 8.56. The van der Waals surface area contributed by atoms with Crippen LogP contribution in [0.1, 0.15) is 17.0 Å². The minimum absolute atomic E-state index is 0.136. The van der Waals surface area contributed by atoms with Gasteiger partial charge in [0.15, 0.2) is 0 Å². The van der Waals surface area contributed by atoms with Gasteiger partial charge in [-0.3, -0.25) is 9.78 Å². The topological polar surface area (TPSA) is 80.9 Å². The summed E-state index contributed by atoms with van der Waals surface area (Å²) >= 11 is 1.49. The van der Waals surface area contributed by atoms with Crippen molar-refractivity contribution >= 4 is 39.2 Å². The number of para-hydroxylation sites is 2. The van der Waals surface area contributed by atoms with E-state index in [2.05, 4.69) is 9.97 Å². The Morgan fingerprint density at radius 3 is 2.59 bits per heavy atom. The number of fused-ring (bicyclic) bond motifs is 1. The molecule has 156 valence electrons. The summed E-state index contributed by atoms with van der Waals surface area (Å²) < 4.78 is 2.82. The van der Waals surface area contributed by atoms with Crippen LogP contribution in [0.2, 0.25) is 0 Å². The smallest absolute Gasteiger partial charge is 0.307 e. The Morgan fingerprint density at radius 2 is 1.84 bits per heavy atom. The largest absolute Gasteiger partial charge is 0.481 e.